The van der Waals surface area contributed by atoms with Crippen LogP contribution in [0.1, 0.15) is 20.3 Å². The van der Waals surface area contributed by atoms with Crippen LogP contribution in [-0.2, 0) is 13.6 Å². The van der Waals surface area contributed by atoms with Gasteiger partial charge >= 0.3 is 8.56 Å². The minimum absolute atomic E-state index is 0.262. The monoisotopic (exact) mass is 295 g/mol. The van der Waals surface area contributed by atoms with Gasteiger partial charge in [-0.05, 0) is 18.5 Å². The van der Waals surface area contributed by atoms with E-state index in [0.29, 0.717) is 19.4 Å². The van der Waals surface area contributed by atoms with Gasteiger partial charge in [-0.1, -0.05) is 37.3 Å². The number of ether oxygens (including phenoxy) is 1. The number of hydrogen-bond donors (Lipinski definition) is 1. The number of benzene rings is 1. The molecule has 2 rings (SSSR count). The predicted octanol–water partition coefficient (Wildman–Crippen LogP) is 1.31. The summed E-state index contributed by atoms with van der Waals surface area (Å²) in [7, 11) is -2.50. The second kappa shape index (κ2) is 6.82. The molecule has 0 radical (unpaired) electrons. The molecule has 1 heterocycles. The number of rotatable bonds is 8. The third-order valence-electron chi connectivity index (χ3n) is 3.80. The summed E-state index contributed by atoms with van der Waals surface area (Å²) in [5.74, 6) is 0. The molecule has 1 aromatic carbocycles. The van der Waals surface area contributed by atoms with Crippen molar-refractivity contribution in [2.24, 2.45) is 11.1 Å². The van der Waals surface area contributed by atoms with Gasteiger partial charge in [-0.3, -0.25) is 0 Å². The zero-order valence-electron chi connectivity index (χ0n) is 12.4. The Morgan fingerprint density at radius 1 is 1.25 bits per heavy atom. The van der Waals surface area contributed by atoms with E-state index in [0.717, 1.165) is 24.8 Å². The Balaban J connectivity index is 2.02. The maximum atomic E-state index is 6.21. The van der Waals surface area contributed by atoms with E-state index in [-0.39, 0.29) is 5.41 Å². The molecule has 0 spiro atoms. The van der Waals surface area contributed by atoms with Crippen LogP contribution in [0.5, 0.6) is 0 Å². The zero-order valence-corrected chi connectivity index (χ0v) is 13.4. The highest BCUT2D eigenvalue weighted by Crippen LogP contribution is 2.30. The van der Waals surface area contributed by atoms with Crippen molar-refractivity contribution >= 4 is 13.7 Å². The van der Waals surface area contributed by atoms with Crippen molar-refractivity contribution < 1.29 is 13.6 Å². The minimum Gasteiger partial charge on any atom is -0.391 e. The quantitative estimate of drug-likeness (QED) is 0.735. The Bertz CT molecular complexity index is 411. The molecule has 1 fully saturated rings. The summed E-state index contributed by atoms with van der Waals surface area (Å²) in [6, 6.07) is 10.1. The zero-order chi connectivity index (χ0) is 14.5. The van der Waals surface area contributed by atoms with E-state index in [1.807, 2.05) is 25.1 Å². The first-order valence-corrected chi connectivity index (χ1v) is 9.28. The summed E-state index contributed by atoms with van der Waals surface area (Å²) in [6.07, 6.45) is 1.43. The van der Waals surface area contributed by atoms with Gasteiger partial charge in [0, 0.05) is 24.8 Å². The summed E-state index contributed by atoms with van der Waals surface area (Å²) >= 11 is 0. The molecule has 5 heteroatoms. The Hall–Kier alpha value is -0.723. The van der Waals surface area contributed by atoms with Gasteiger partial charge in [0.1, 0.15) is 0 Å². The van der Waals surface area contributed by atoms with Crippen LogP contribution in [0, 0.1) is 5.41 Å². The summed E-state index contributed by atoms with van der Waals surface area (Å²) in [6.45, 7) is 7.18. The van der Waals surface area contributed by atoms with Gasteiger partial charge < -0.3 is 19.3 Å². The molecule has 112 valence electrons. The molecule has 20 heavy (non-hydrogen) atoms. The van der Waals surface area contributed by atoms with Crippen molar-refractivity contribution in [2.75, 3.05) is 32.6 Å². The predicted molar refractivity (Wildman–Crippen MR) is 82.0 cm³/mol. The standard InChI is InChI=1S/C15H25NO3Si/c1-3-18-20(13-16,14-7-5-4-6-8-14)19-10-9-15(2)11-17-12-15/h4-8H,3,9-13,16H2,1-2H3. The highest BCUT2D eigenvalue weighted by molar-refractivity contribution is 6.81. The molecule has 1 aliphatic rings. The maximum Gasteiger partial charge on any atom is 0.386 e. The number of hydrogen-bond acceptors (Lipinski definition) is 4. The van der Waals surface area contributed by atoms with Crippen LogP contribution in [0.3, 0.4) is 0 Å². The minimum atomic E-state index is -2.50. The van der Waals surface area contributed by atoms with Crippen LogP contribution in [0.2, 0.25) is 0 Å². The molecule has 4 nitrogen and oxygen atoms in total. The molecule has 1 atom stereocenters. The first-order valence-electron chi connectivity index (χ1n) is 7.25. The van der Waals surface area contributed by atoms with Crippen molar-refractivity contribution in [1.82, 2.24) is 0 Å². The van der Waals surface area contributed by atoms with Crippen molar-refractivity contribution in [2.45, 2.75) is 20.3 Å². The maximum absolute atomic E-state index is 6.21. The molecule has 0 amide bonds. The molecule has 1 saturated heterocycles. The molecule has 0 aromatic heterocycles. The Kier molecular flexibility index (Phi) is 5.34. The topological polar surface area (TPSA) is 53.7 Å². The van der Waals surface area contributed by atoms with E-state index >= 15 is 0 Å². The first-order chi connectivity index (χ1) is 9.64. The number of nitrogens with two attached hydrogens (primary N) is 1. The molecule has 0 saturated carbocycles. The first kappa shape index (κ1) is 15.7. The largest absolute Gasteiger partial charge is 0.391 e. The van der Waals surface area contributed by atoms with Gasteiger partial charge in [-0.25, -0.2) is 0 Å². The molecule has 1 aromatic rings. The van der Waals surface area contributed by atoms with E-state index in [2.05, 4.69) is 19.1 Å². The summed E-state index contributed by atoms with van der Waals surface area (Å²) in [5.41, 5.74) is 6.27. The average Bonchev–Trinajstić information content (AvgIpc) is 2.45. The molecule has 2 N–H and O–H groups in total. The smallest absolute Gasteiger partial charge is 0.386 e. The van der Waals surface area contributed by atoms with Gasteiger partial charge in [0.05, 0.1) is 13.2 Å². The lowest BCUT2D eigenvalue weighted by Crippen LogP contribution is -2.60. The van der Waals surface area contributed by atoms with Crippen molar-refractivity contribution in [1.29, 1.82) is 0 Å². The van der Waals surface area contributed by atoms with Crippen molar-refractivity contribution in [3.8, 4) is 0 Å². The fourth-order valence-electron chi connectivity index (χ4n) is 2.43. The van der Waals surface area contributed by atoms with Gasteiger partial charge in [0.25, 0.3) is 0 Å². The van der Waals surface area contributed by atoms with Gasteiger partial charge in [-0.15, -0.1) is 0 Å². The molecule has 0 aliphatic carbocycles. The Morgan fingerprint density at radius 2 is 1.95 bits per heavy atom. The molecular weight excluding hydrogens is 270 g/mol. The summed E-state index contributed by atoms with van der Waals surface area (Å²) in [5, 5.41) is 1.11. The summed E-state index contributed by atoms with van der Waals surface area (Å²) < 4.78 is 17.5. The lowest BCUT2D eigenvalue weighted by Gasteiger charge is -2.39. The van der Waals surface area contributed by atoms with Crippen LogP contribution >= 0.6 is 0 Å². The van der Waals surface area contributed by atoms with Crippen LogP contribution < -0.4 is 10.9 Å². The second-order valence-corrected chi connectivity index (χ2v) is 8.73. The van der Waals surface area contributed by atoms with Gasteiger partial charge in [-0.2, -0.15) is 0 Å². The molecule has 1 unspecified atom stereocenters. The highest BCUT2D eigenvalue weighted by Gasteiger charge is 2.40. The van der Waals surface area contributed by atoms with E-state index in [9.17, 15) is 0 Å². The third-order valence-corrected chi connectivity index (χ3v) is 6.98. The normalized spacial score (nSPS) is 20.1. The molecule has 1 aliphatic heterocycles. The SMILES string of the molecule is CCO[Si](CN)(OCCC1(C)COC1)c1ccccc1. The van der Waals surface area contributed by atoms with Gasteiger partial charge in [0.2, 0.25) is 0 Å². The Labute approximate surface area is 122 Å². The fourth-order valence-corrected chi connectivity index (χ4v) is 4.91. The lowest BCUT2D eigenvalue weighted by molar-refractivity contribution is -0.110. The Morgan fingerprint density at radius 3 is 2.45 bits per heavy atom. The molecular formula is C15H25NO3Si. The lowest BCUT2D eigenvalue weighted by atomic mass is 9.85. The van der Waals surface area contributed by atoms with Crippen LogP contribution in [0.4, 0.5) is 0 Å². The van der Waals surface area contributed by atoms with E-state index in [4.69, 9.17) is 19.3 Å². The fraction of sp³-hybridized carbons (Fsp3) is 0.600. The van der Waals surface area contributed by atoms with E-state index in [1.54, 1.807) is 0 Å². The van der Waals surface area contributed by atoms with Crippen LogP contribution in [0.15, 0.2) is 30.3 Å². The third kappa shape index (κ3) is 3.48. The average molecular weight is 295 g/mol. The van der Waals surface area contributed by atoms with Crippen molar-refractivity contribution in [3.63, 3.8) is 0 Å². The van der Waals surface area contributed by atoms with Crippen molar-refractivity contribution in [3.05, 3.63) is 30.3 Å². The van der Waals surface area contributed by atoms with Crippen LogP contribution in [0.25, 0.3) is 0 Å². The molecule has 0 bridgehead atoms. The van der Waals surface area contributed by atoms with Crippen LogP contribution in [-0.4, -0.2) is 41.2 Å². The highest BCUT2D eigenvalue weighted by atomic mass is 28.4. The van der Waals surface area contributed by atoms with Gasteiger partial charge in [0.15, 0.2) is 0 Å². The second-order valence-electron chi connectivity index (χ2n) is 5.66. The van der Waals surface area contributed by atoms with E-state index in [1.165, 1.54) is 0 Å². The van der Waals surface area contributed by atoms with E-state index < -0.39 is 8.56 Å². The summed E-state index contributed by atoms with van der Waals surface area (Å²) in [4.78, 5) is 0.